The van der Waals surface area contributed by atoms with Crippen molar-refractivity contribution >= 4 is 17.6 Å². The normalized spacial score (nSPS) is 12.5. The Morgan fingerprint density at radius 3 is 2.41 bits per heavy atom. The van der Waals surface area contributed by atoms with Gasteiger partial charge in [0.05, 0.1) is 16.4 Å². The summed E-state index contributed by atoms with van der Waals surface area (Å²) in [6.45, 7) is 6.56. The van der Waals surface area contributed by atoms with Crippen LogP contribution in [0.1, 0.15) is 43.6 Å². The molecule has 22 heavy (non-hydrogen) atoms. The van der Waals surface area contributed by atoms with E-state index in [4.69, 9.17) is 9.84 Å². The molecule has 7 nitrogen and oxygen atoms in total. The number of ether oxygens (including phenoxy) is 1. The quantitative estimate of drug-likeness (QED) is 0.509. The number of hydrogen-bond acceptors (Lipinski definition) is 5. The number of hydrogen-bond donors (Lipinski definition) is 1. The fourth-order valence-corrected chi connectivity index (χ4v) is 1.79. The van der Waals surface area contributed by atoms with Crippen molar-refractivity contribution in [1.82, 2.24) is 0 Å². The molecule has 0 aliphatic rings. The van der Waals surface area contributed by atoms with E-state index in [9.17, 15) is 19.7 Å². The van der Waals surface area contributed by atoms with Crippen LogP contribution in [0, 0.1) is 16.0 Å². The summed E-state index contributed by atoms with van der Waals surface area (Å²) in [4.78, 5) is 33.3. The molecule has 1 atom stereocenters. The summed E-state index contributed by atoms with van der Waals surface area (Å²) < 4.78 is 5.16. The summed E-state index contributed by atoms with van der Waals surface area (Å²) in [6, 6.07) is 3.93. The van der Waals surface area contributed by atoms with Gasteiger partial charge in [0, 0.05) is 11.6 Å². The van der Waals surface area contributed by atoms with Crippen molar-refractivity contribution in [1.29, 1.82) is 0 Å². The van der Waals surface area contributed by atoms with Gasteiger partial charge in [-0.2, -0.15) is 0 Å². The Hall–Kier alpha value is -2.44. The van der Waals surface area contributed by atoms with Gasteiger partial charge in [0.1, 0.15) is 5.60 Å². The summed E-state index contributed by atoms with van der Waals surface area (Å²) in [5, 5.41) is 20.0. The Morgan fingerprint density at radius 2 is 1.95 bits per heavy atom. The molecule has 1 unspecified atom stereocenters. The maximum atomic E-state index is 11.9. The molecule has 0 fully saturated rings. The largest absolute Gasteiger partial charge is 0.481 e. The standard InChI is InChI=1S/C15H19NO6/c1-9(13(17)18)7-10-5-6-11(8-12(10)16(20)21)14(19)22-15(2,3)4/h5-6,8-9H,7H2,1-4H3,(H,17,18). The lowest BCUT2D eigenvalue weighted by Crippen LogP contribution is -2.24. The highest BCUT2D eigenvalue weighted by molar-refractivity contribution is 5.90. The molecule has 0 spiro atoms. The van der Waals surface area contributed by atoms with Crippen LogP contribution in [-0.2, 0) is 16.0 Å². The summed E-state index contributed by atoms with van der Waals surface area (Å²) in [7, 11) is 0. The van der Waals surface area contributed by atoms with Gasteiger partial charge in [-0.05, 0) is 33.3 Å². The molecule has 0 aliphatic carbocycles. The molecule has 0 saturated carbocycles. The van der Waals surface area contributed by atoms with Crippen LogP contribution in [0.5, 0.6) is 0 Å². The first-order valence-corrected chi connectivity index (χ1v) is 6.74. The fourth-order valence-electron chi connectivity index (χ4n) is 1.79. The van der Waals surface area contributed by atoms with Gasteiger partial charge in [-0.15, -0.1) is 0 Å². The third-order valence-electron chi connectivity index (χ3n) is 2.86. The number of rotatable bonds is 5. The summed E-state index contributed by atoms with van der Waals surface area (Å²) >= 11 is 0. The Kier molecular flexibility index (Phi) is 5.24. The minimum Gasteiger partial charge on any atom is -0.481 e. The minimum atomic E-state index is -1.04. The van der Waals surface area contributed by atoms with Crippen molar-refractivity contribution in [3.63, 3.8) is 0 Å². The molecule has 0 aliphatic heterocycles. The lowest BCUT2D eigenvalue weighted by atomic mass is 9.98. The smallest absolute Gasteiger partial charge is 0.338 e. The van der Waals surface area contributed by atoms with Crippen molar-refractivity contribution in [2.24, 2.45) is 5.92 Å². The van der Waals surface area contributed by atoms with Gasteiger partial charge in [-0.25, -0.2) is 4.79 Å². The number of carboxylic acids is 1. The van der Waals surface area contributed by atoms with Crippen LogP contribution >= 0.6 is 0 Å². The first kappa shape index (κ1) is 17.6. The van der Waals surface area contributed by atoms with Crippen LogP contribution in [0.2, 0.25) is 0 Å². The van der Waals surface area contributed by atoms with Crippen molar-refractivity contribution < 1.29 is 24.4 Å². The molecule has 0 radical (unpaired) electrons. The van der Waals surface area contributed by atoms with E-state index in [0.29, 0.717) is 0 Å². The van der Waals surface area contributed by atoms with Gasteiger partial charge in [0.15, 0.2) is 0 Å². The van der Waals surface area contributed by atoms with Gasteiger partial charge < -0.3 is 9.84 Å². The number of aliphatic carboxylic acids is 1. The molecule has 7 heteroatoms. The summed E-state index contributed by atoms with van der Waals surface area (Å²) in [5.74, 6) is -2.45. The van der Waals surface area contributed by atoms with Crippen LogP contribution in [0.3, 0.4) is 0 Å². The molecule has 120 valence electrons. The number of carbonyl (C=O) groups excluding carboxylic acids is 1. The maximum absolute atomic E-state index is 11.9. The van der Waals surface area contributed by atoms with Crippen molar-refractivity contribution in [2.75, 3.05) is 0 Å². The Balaban J connectivity index is 3.12. The average Bonchev–Trinajstić information content (AvgIpc) is 2.36. The SMILES string of the molecule is CC(Cc1ccc(C(=O)OC(C)(C)C)cc1[N+](=O)[O-])C(=O)O. The average molecular weight is 309 g/mol. The Bertz CT molecular complexity index is 603. The predicted octanol–water partition coefficient (Wildman–Crippen LogP) is 2.81. The van der Waals surface area contributed by atoms with Crippen molar-refractivity contribution in [3.05, 3.63) is 39.4 Å². The highest BCUT2D eigenvalue weighted by Gasteiger charge is 2.24. The topological polar surface area (TPSA) is 107 Å². The highest BCUT2D eigenvalue weighted by Crippen LogP contribution is 2.24. The molecule has 1 rings (SSSR count). The number of nitro groups is 1. The number of carbonyl (C=O) groups is 2. The molecular formula is C15H19NO6. The Morgan fingerprint density at radius 1 is 1.36 bits per heavy atom. The summed E-state index contributed by atoms with van der Waals surface area (Å²) in [5.41, 5.74) is -0.653. The molecule has 0 amide bonds. The Labute approximate surface area is 128 Å². The van der Waals surface area contributed by atoms with E-state index in [1.165, 1.54) is 19.1 Å². The highest BCUT2D eigenvalue weighted by atomic mass is 16.6. The van der Waals surface area contributed by atoms with Crippen LogP contribution in [-0.4, -0.2) is 27.6 Å². The second kappa shape index (κ2) is 6.55. The van der Waals surface area contributed by atoms with Crippen LogP contribution in [0.25, 0.3) is 0 Å². The number of esters is 1. The molecule has 1 aromatic rings. The van der Waals surface area contributed by atoms with Gasteiger partial charge in [0.2, 0.25) is 0 Å². The first-order valence-electron chi connectivity index (χ1n) is 6.74. The molecule has 0 aromatic heterocycles. The van der Waals surface area contributed by atoms with Crippen molar-refractivity contribution in [3.8, 4) is 0 Å². The number of carboxylic acid groups (broad SMARTS) is 1. The molecular weight excluding hydrogens is 290 g/mol. The van der Waals surface area contributed by atoms with Crippen LogP contribution in [0.15, 0.2) is 18.2 Å². The van der Waals surface area contributed by atoms with E-state index in [1.807, 2.05) is 0 Å². The summed E-state index contributed by atoms with van der Waals surface area (Å²) in [6.07, 6.45) is 0.0141. The zero-order valence-electron chi connectivity index (χ0n) is 13.0. The van der Waals surface area contributed by atoms with Gasteiger partial charge in [0.25, 0.3) is 5.69 Å². The van der Waals surface area contributed by atoms with E-state index in [-0.39, 0.29) is 23.2 Å². The molecule has 0 heterocycles. The van der Waals surface area contributed by atoms with Crippen LogP contribution < -0.4 is 0 Å². The number of nitro benzene ring substituents is 1. The third-order valence-corrected chi connectivity index (χ3v) is 2.86. The third kappa shape index (κ3) is 4.83. The molecule has 1 N–H and O–H groups in total. The monoisotopic (exact) mass is 309 g/mol. The zero-order chi connectivity index (χ0) is 17.1. The van der Waals surface area contributed by atoms with Crippen LogP contribution in [0.4, 0.5) is 5.69 Å². The van der Waals surface area contributed by atoms with Gasteiger partial charge in [-0.3, -0.25) is 14.9 Å². The van der Waals surface area contributed by atoms with E-state index < -0.39 is 28.4 Å². The fraction of sp³-hybridized carbons (Fsp3) is 0.467. The second-order valence-corrected chi connectivity index (χ2v) is 6.05. The first-order chi connectivity index (χ1) is 10.0. The second-order valence-electron chi connectivity index (χ2n) is 6.05. The molecule has 1 aromatic carbocycles. The van der Waals surface area contributed by atoms with E-state index in [2.05, 4.69) is 0 Å². The zero-order valence-corrected chi connectivity index (χ0v) is 13.0. The molecule has 0 bridgehead atoms. The van der Waals surface area contributed by atoms with Crippen molar-refractivity contribution in [2.45, 2.75) is 39.7 Å². The number of nitrogens with zero attached hydrogens (tertiary/aromatic N) is 1. The molecule has 0 saturated heterocycles. The number of benzene rings is 1. The minimum absolute atomic E-state index is 0.0141. The van der Waals surface area contributed by atoms with E-state index in [0.717, 1.165) is 6.07 Å². The van der Waals surface area contributed by atoms with Gasteiger partial charge >= 0.3 is 11.9 Å². The maximum Gasteiger partial charge on any atom is 0.338 e. The van der Waals surface area contributed by atoms with Gasteiger partial charge in [-0.1, -0.05) is 13.0 Å². The van der Waals surface area contributed by atoms with E-state index >= 15 is 0 Å². The lowest BCUT2D eigenvalue weighted by Gasteiger charge is -2.19. The lowest BCUT2D eigenvalue weighted by molar-refractivity contribution is -0.385. The predicted molar refractivity (Wildman–Crippen MR) is 78.8 cm³/mol. The van der Waals surface area contributed by atoms with E-state index in [1.54, 1.807) is 20.8 Å².